The van der Waals surface area contributed by atoms with Crippen molar-refractivity contribution in [2.75, 3.05) is 0 Å². The Morgan fingerprint density at radius 2 is 1.71 bits per heavy atom. The van der Waals surface area contributed by atoms with Gasteiger partial charge in [0.1, 0.15) is 0 Å². The molecule has 0 radical (unpaired) electrons. The fourth-order valence-electron chi connectivity index (χ4n) is 2.89. The molecule has 1 atom stereocenters. The van der Waals surface area contributed by atoms with Gasteiger partial charge in [0.25, 0.3) is 5.91 Å². The van der Waals surface area contributed by atoms with E-state index in [1.165, 1.54) is 0 Å². The molecule has 0 spiro atoms. The number of ketones is 1. The Kier molecular flexibility index (Phi) is 3.34. The van der Waals surface area contributed by atoms with Gasteiger partial charge < -0.3 is 5.32 Å². The Balaban J connectivity index is 1.84. The molecule has 0 fully saturated rings. The van der Waals surface area contributed by atoms with Crippen LogP contribution in [0, 0.1) is 13.8 Å². The molecule has 0 heterocycles. The molecule has 21 heavy (non-hydrogen) atoms. The van der Waals surface area contributed by atoms with Gasteiger partial charge in [-0.1, -0.05) is 30.3 Å². The number of carbonyl (C=O) groups is 2. The fraction of sp³-hybridized carbons (Fsp3) is 0.222. The zero-order valence-electron chi connectivity index (χ0n) is 12.1. The van der Waals surface area contributed by atoms with Gasteiger partial charge in [0.05, 0.1) is 6.04 Å². The van der Waals surface area contributed by atoms with E-state index in [2.05, 4.69) is 5.32 Å². The topological polar surface area (TPSA) is 46.2 Å². The number of hydrogen-bond acceptors (Lipinski definition) is 2. The van der Waals surface area contributed by atoms with Crippen LogP contribution in [0.4, 0.5) is 0 Å². The molecule has 0 aromatic heterocycles. The van der Waals surface area contributed by atoms with Crippen molar-refractivity contribution in [2.45, 2.75) is 26.3 Å². The smallest absolute Gasteiger partial charge is 0.251 e. The number of amides is 1. The first kappa shape index (κ1) is 13.6. The van der Waals surface area contributed by atoms with Crippen molar-refractivity contribution in [3.63, 3.8) is 0 Å². The third-order valence-corrected chi connectivity index (χ3v) is 4.07. The van der Waals surface area contributed by atoms with Crippen LogP contribution in [0.5, 0.6) is 0 Å². The Morgan fingerprint density at radius 1 is 1.05 bits per heavy atom. The average molecular weight is 279 g/mol. The van der Waals surface area contributed by atoms with E-state index in [0.717, 1.165) is 22.3 Å². The summed E-state index contributed by atoms with van der Waals surface area (Å²) in [4.78, 5) is 24.7. The minimum absolute atomic E-state index is 0.0236. The van der Waals surface area contributed by atoms with Crippen molar-refractivity contribution in [1.29, 1.82) is 0 Å². The Labute approximate surface area is 124 Å². The van der Waals surface area contributed by atoms with Crippen LogP contribution in [0.15, 0.2) is 42.5 Å². The van der Waals surface area contributed by atoms with E-state index in [1.54, 1.807) is 12.1 Å². The number of aryl methyl sites for hydroxylation is 2. The molecule has 1 aliphatic carbocycles. The number of Topliss-reactive ketones (excluding diaryl/α,β-unsaturated/α-hetero) is 1. The molecular weight excluding hydrogens is 262 g/mol. The van der Waals surface area contributed by atoms with Crippen LogP contribution >= 0.6 is 0 Å². The Bertz CT molecular complexity index is 719. The second-order valence-electron chi connectivity index (χ2n) is 5.51. The second kappa shape index (κ2) is 5.17. The maximum absolute atomic E-state index is 12.5. The van der Waals surface area contributed by atoms with Crippen molar-refractivity contribution in [3.05, 3.63) is 70.3 Å². The third kappa shape index (κ3) is 2.35. The Hall–Kier alpha value is -2.42. The SMILES string of the molecule is Cc1ccc(C)c2c1C[C@H](NC(=O)c1ccccc1)C2=O. The summed E-state index contributed by atoms with van der Waals surface area (Å²) >= 11 is 0. The normalized spacial score (nSPS) is 16.7. The zero-order valence-corrected chi connectivity index (χ0v) is 12.1. The molecule has 0 aliphatic heterocycles. The molecule has 3 nitrogen and oxygen atoms in total. The van der Waals surface area contributed by atoms with Crippen LogP contribution in [0.25, 0.3) is 0 Å². The highest BCUT2D eigenvalue weighted by Crippen LogP contribution is 2.28. The van der Waals surface area contributed by atoms with Crippen molar-refractivity contribution in [1.82, 2.24) is 5.32 Å². The van der Waals surface area contributed by atoms with Crippen LogP contribution in [0.3, 0.4) is 0 Å². The maximum Gasteiger partial charge on any atom is 0.251 e. The summed E-state index contributed by atoms with van der Waals surface area (Å²) in [5.41, 5.74) is 4.53. The number of rotatable bonds is 2. The predicted molar refractivity (Wildman–Crippen MR) is 81.6 cm³/mol. The van der Waals surface area contributed by atoms with E-state index in [1.807, 2.05) is 44.2 Å². The molecule has 1 amide bonds. The third-order valence-electron chi connectivity index (χ3n) is 4.07. The molecule has 106 valence electrons. The lowest BCUT2D eigenvalue weighted by atomic mass is 10.00. The predicted octanol–water partition coefficient (Wildman–Crippen LogP) is 2.84. The van der Waals surface area contributed by atoms with Gasteiger partial charge in [0.2, 0.25) is 0 Å². The van der Waals surface area contributed by atoms with Gasteiger partial charge in [-0.2, -0.15) is 0 Å². The van der Waals surface area contributed by atoms with E-state index >= 15 is 0 Å². The monoisotopic (exact) mass is 279 g/mol. The summed E-state index contributed by atoms with van der Waals surface area (Å²) in [7, 11) is 0. The summed E-state index contributed by atoms with van der Waals surface area (Å²) in [6.45, 7) is 3.95. The van der Waals surface area contributed by atoms with Gasteiger partial charge in [0, 0.05) is 17.5 Å². The van der Waals surface area contributed by atoms with Crippen LogP contribution in [-0.4, -0.2) is 17.7 Å². The summed E-state index contributed by atoms with van der Waals surface area (Å²) in [6.07, 6.45) is 0.584. The van der Waals surface area contributed by atoms with Gasteiger partial charge >= 0.3 is 0 Å². The van der Waals surface area contributed by atoms with E-state index in [-0.39, 0.29) is 11.7 Å². The molecule has 3 rings (SSSR count). The minimum Gasteiger partial charge on any atom is -0.342 e. The highest BCUT2D eigenvalue weighted by Gasteiger charge is 2.33. The number of fused-ring (bicyclic) bond motifs is 1. The van der Waals surface area contributed by atoms with Gasteiger partial charge in [-0.15, -0.1) is 0 Å². The highest BCUT2D eigenvalue weighted by atomic mass is 16.2. The molecule has 0 bridgehead atoms. The molecule has 0 unspecified atom stereocenters. The fourth-order valence-corrected chi connectivity index (χ4v) is 2.89. The van der Waals surface area contributed by atoms with Crippen LogP contribution in [-0.2, 0) is 6.42 Å². The average Bonchev–Trinajstić information content (AvgIpc) is 2.82. The minimum atomic E-state index is -0.451. The molecule has 2 aromatic carbocycles. The highest BCUT2D eigenvalue weighted by molar-refractivity contribution is 6.08. The maximum atomic E-state index is 12.5. The van der Waals surface area contributed by atoms with Crippen LogP contribution < -0.4 is 5.32 Å². The van der Waals surface area contributed by atoms with Crippen LogP contribution in [0.2, 0.25) is 0 Å². The van der Waals surface area contributed by atoms with E-state index in [9.17, 15) is 9.59 Å². The summed E-state index contributed by atoms with van der Waals surface area (Å²) in [5, 5.41) is 2.86. The van der Waals surface area contributed by atoms with E-state index in [0.29, 0.717) is 12.0 Å². The zero-order chi connectivity index (χ0) is 15.0. The standard InChI is InChI=1S/C18H17NO2/c1-11-8-9-12(2)16-14(11)10-15(17(16)20)19-18(21)13-6-4-3-5-7-13/h3-9,15H,10H2,1-2H3,(H,19,21)/t15-/m0/s1. The number of benzene rings is 2. The summed E-state index contributed by atoms with van der Waals surface area (Å²) < 4.78 is 0. The molecule has 3 heteroatoms. The molecule has 1 aliphatic rings. The second-order valence-corrected chi connectivity index (χ2v) is 5.51. The molecule has 0 saturated heterocycles. The number of nitrogens with one attached hydrogen (secondary N) is 1. The van der Waals surface area contributed by atoms with Crippen molar-refractivity contribution >= 4 is 11.7 Å². The van der Waals surface area contributed by atoms with Gasteiger partial charge in [-0.05, 0) is 42.7 Å². The van der Waals surface area contributed by atoms with Gasteiger partial charge in [-0.3, -0.25) is 9.59 Å². The lowest BCUT2D eigenvalue weighted by Gasteiger charge is -2.11. The first-order valence-corrected chi connectivity index (χ1v) is 7.07. The van der Waals surface area contributed by atoms with Gasteiger partial charge in [0.15, 0.2) is 5.78 Å². The van der Waals surface area contributed by atoms with Gasteiger partial charge in [-0.25, -0.2) is 0 Å². The lowest BCUT2D eigenvalue weighted by molar-refractivity contribution is 0.0868. The summed E-state index contributed by atoms with van der Waals surface area (Å²) in [5.74, 6) is -0.174. The summed E-state index contributed by atoms with van der Waals surface area (Å²) in [6, 6.07) is 12.5. The van der Waals surface area contributed by atoms with E-state index in [4.69, 9.17) is 0 Å². The first-order chi connectivity index (χ1) is 10.1. The Morgan fingerprint density at radius 3 is 2.38 bits per heavy atom. The van der Waals surface area contributed by atoms with E-state index < -0.39 is 6.04 Å². The number of carbonyl (C=O) groups excluding carboxylic acids is 2. The first-order valence-electron chi connectivity index (χ1n) is 7.07. The number of hydrogen-bond donors (Lipinski definition) is 1. The van der Waals surface area contributed by atoms with Crippen molar-refractivity contribution in [2.24, 2.45) is 0 Å². The van der Waals surface area contributed by atoms with Crippen molar-refractivity contribution < 1.29 is 9.59 Å². The lowest BCUT2D eigenvalue weighted by Crippen LogP contribution is -2.39. The van der Waals surface area contributed by atoms with Crippen molar-refractivity contribution in [3.8, 4) is 0 Å². The van der Waals surface area contributed by atoms with Crippen LogP contribution in [0.1, 0.15) is 37.4 Å². The molecular formula is C18H17NO2. The quantitative estimate of drug-likeness (QED) is 0.918. The molecule has 2 aromatic rings. The molecule has 1 N–H and O–H groups in total. The largest absolute Gasteiger partial charge is 0.342 e. The molecule has 0 saturated carbocycles.